The van der Waals surface area contributed by atoms with Crippen molar-refractivity contribution >= 4 is 28.3 Å². The smallest absolute Gasteiger partial charge is 0.406 e. The fraction of sp³-hybridized carbons (Fsp3) is 0.310. The van der Waals surface area contributed by atoms with Crippen LogP contribution in [-0.2, 0) is 41.9 Å². The predicted molar refractivity (Wildman–Crippen MR) is 156 cm³/mol. The fourth-order valence-electron chi connectivity index (χ4n) is 4.48. The van der Waals surface area contributed by atoms with Crippen molar-refractivity contribution in [2.75, 3.05) is 5.32 Å². The van der Waals surface area contributed by atoms with Crippen LogP contribution in [0.4, 0.5) is 18.3 Å². The molecule has 10 nitrogen and oxygen atoms in total. The fourth-order valence-corrected chi connectivity index (χ4v) is 5.28. The molecule has 0 atom stereocenters. The number of halogens is 3. The number of benzene rings is 2. The molecule has 4 rings (SSSR count). The zero-order valence-corrected chi connectivity index (χ0v) is 24.0. The van der Waals surface area contributed by atoms with E-state index >= 15 is 0 Å². The molecule has 3 aromatic rings. The Hall–Kier alpha value is -4.43. The van der Waals surface area contributed by atoms with Crippen molar-refractivity contribution in [3.63, 3.8) is 0 Å². The second-order valence-electron chi connectivity index (χ2n) is 9.88. The van der Waals surface area contributed by atoms with Crippen LogP contribution >= 0.6 is 11.3 Å². The first-order valence-corrected chi connectivity index (χ1v) is 14.3. The predicted octanol–water partition coefficient (Wildman–Crippen LogP) is 3.94. The van der Waals surface area contributed by atoms with Crippen LogP contribution in [0.1, 0.15) is 46.5 Å². The van der Waals surface area contributed by atoms with Gasteiger partial charge in [-0.15, -0.1) is 23.4 Å². The van der Waals surface area contributed by atoms with Gasteiger partial charge in [0.15, 0.2) is 0 Å². The highest BCUT2D eigenvalue weighted by molar-refractivity contribution is 7.15. The Morgan fingerprint density at radius 3 is 2.65 bits per heavy atom. The second kappa shape index (κ2) is 14.6. The third kappa shape index (κ3) is 10.4. The van der Waals surface area contributed by atoms with Crippen LogP contribution in [0, 0.1) is 0 Å². The first kappa shape index (κ1) is 31.5. The summed E-state index contributed by atoms with van der Waals surface area (Å²) >= 11 is 1.23. The van der Waals surface area contributed by atoms with Gasteiger partial charge in [-0.2, -0.15) is 0 Å². The van der Waals surface area contributed by atoms with Crippen molar-refractivity contribution < 1.29 is 27.5 Å². The number of rotatable bonds is 13. The number of amides is 2. The van der Waals surface area contributed by atoms with Gasteiger partial charge in [-0.05, 0) is 65.8 Å². The van der Waals surface area contributed by atoms with E-state index < -0.39 is 18.0 Å². The summed E-state index contributed by atoms with van der Waals surface area (Å²) in [5.41, 5.74) is 16.4. The monoisotopic (exact) mass is 615 g/mol. The Balaban J connectivity index is 1.15. The number of fused-ring (bicyclic) bond motifs is 1. The van der Waals surface area contributed by atoms with Crippen molar-refractivity contribution in [3.05, 3.63) is 93.4 Å². The Kier molecular flexibility index (Phi) is 10.7. The maximum absolute atomic E-state index is 12.4. The molecule has 0 unspecified atom stereocenters. The molecule has 1 aromatic heterocycles. The summed E-state index contributed by atoms with van der Waals surface area (Å²) in [5, 5.41) is 17.7. The van der Waals surface area contributed by atoms with Gasteiger partial charge in [-0.3, -0.25) is 9.59 Å². The molecule has 2 heterocycles. The maximum atomic E-state index is 12.4. The lowest BCUT2D eigenvalue weighted by atomic mass is 10.0. The van der Waals surface area contributed by atoms with Gasteiger partial charge in [0, 0.05) is 25.2 Å². The van der Waals surface area contributed by atoms with E-state index in [0.29, 0.717) is 29.2 Å². The molecule has 7 N–H and O–H groups in total. The Morgan fingerprint density at radius 2 is 1.84 bits per heavy atom. The molecule has 0 fully saturated rings. The van der Waals surface area contributed by atoms with Gasteiger partial charge in [0.05, 0.1) is 12.8 Å². The number of unbranched alkanes of at least 4 members (excludes halogenated alkanes) is 1. The van der Waals surface area contributed by atoms with Gasteiger partial charge in [0.25, 0.3) is 0 Å². The number of nitrogens with one attached hydrogen (secondary N) is 3. The van der Waals surface area contributed by atoms with Crippen molar-refractivity contribution in [1.29, 1.82) is 0 Å². The summed E-state index contributed by atoms with van der Waals surface area (Å²) in [5.74, 6) is -0.811. The van der Waals surface area contributed by atoms with Gasteiger partial charge in [0.1, 0.15) is 16.6 Å². The molecular weight excluding hydrogens is 583 g/mol. The maximum Gasteiger partial charge on any atom is 0.573 e. The van der Waals surface area contributed by atoms with Gasteiger partial charge in [-0.25, -0.2) is 0 Å². The third-order valence-electron chi connectivity index (χ3n) is 6.42. The molecule has 14 heteroatoms. The molecule has 0 aliphatic carbocycles. The standard InChI is InChI=1S/C29H32F3N7O3S/c30-29(31,32)42-22-9-3-5-18(13-22)14-25(40)37-28-39-38-27(43-28)10-2-1-8-21(33)11-12-24(34)36-26(41)15-19-6-4-7-20-16-35-17-23(19)20/h3-7,9,11-13,35H,1-2,8,10,14-17,33-34H2,(H,36,41)(H,37,39,40)/b21-11-,24-12+. The number of carbonyl (C=O) groups is 2. The van der Waals surface area contributed by atoms with Crippen LogP contribution in [-0.4, -0.2) is 28.4 Å². The average molecular weight is 616 g/mol. The lowest BCUT2D eigenvalue weighted by Crippen LogP contribution is -2.29. The average Bonchev–Trinajstić information content (AvgIpc) is 3.59. The number of nitrogens with two attached hydrogens (primary N) is 2. The van der Waals surface area contributed by atoms with Gasteiger partial charge in [-0.1, -0.05) is 41.7 Å². The summed E-state index contributed by atoms with van der Waals surface area (Å²) in [6.45, 7) is 1.57. The van der Waals surface area contributed by atoms with Crippen molar-refractivity contribution in [2.45, 2.75) is 58.0 Å². The molecule has 2 amide bonds. The van der Waals surface area contributed by atoms with Crippen LogP contribution in [0.25, 0.3) is 0 Å². The van der Waals surface area contributed by atoms with Crippen molar-refractivity contribution in [3.8, 4) is 5.75 Å². The van der Waals surface area contributed by atoms with Gasteiger partial charge < -0.3 is 32.2 Å². The van der Waals surface area contributed by atoms with E-state index in [1.165, 1.54) is 34.6 Å². The van der Waals surface area contributed by atoms with Crippen LogP contribution < -0.4 is 32.2 Å². The summed E-state index contributed by atoms with van der Waals surface area (Å²) < 4.78 is 41.1. The number of hydrogen-bond acceptors (Lipinski definition) is 9. The quantitative estimate of drug-likeness (QED) is 0.143. The highest BCUT2D eigenvalue weighted by Crippen LogP contribution is 2.24. The topological polar surface area (TPSA) is 157 Å². The zero-order valence-electron chi connectivity index (χ0n) is 23.2. The second-order valence-corrected chi connectivity index (χ2v) is 10.9. The molecular formula is C29H32F3N7O3S. The highest BCUT2D eigenvalue weighted by Gasteiger charge is 2.31. The molecule has 0 spiro atoms. The summed E-state index contributed by atoms with van der Waals surface area (Å²) in [4.78, 5) is 24.8. The summed E-state index contributed by atoms with van der Waals surface area (Å²) in [7, 11) is 0. The van der Waals surface area contributed by atoms with Crippen LogP contribution in [0.3, 0.4) is 0 Å². The number of anilines is 1. The number of aromatic nitrogens is 2. The minimum atomic E-state index is -4.81. The largest absolute Gasteiger partial charge is 0.573 e. The number of hydrogen-bond donors (Lipinski definition) is 5. The van der Waals surface area contributed by atoms with Gasteiger partial charge >= 0.3 is 6.36 Å². The van der Waals surface area contributed by atoms with E-state index in [4.69, 9.17) is 11.5 Å². The normalized spacial score (nSPS) is 13.5. The Morgan fingerprint density at radius 1 is 1.02 bits per heavy atom. The molecule has 0 saturated heterocycles. The first-order chi connectivity index (χ1) is 20.5. The zero-order chi connectivity index (χ0) is 30.8. The minimum absolute atomic E-state index is 0.148. The lowest BCUT2D eigenvalue weighted by molar-refractivity contribution is -0.274. The number of carbonyl (C=O) groups excluding carboxylic acids is 2. The number of allylic oxidation sites excluding steroid dienone is 3. The number of alkyl halides is 3. The molecule has 0 saturated carbocycles. The van der Waals surface area contributed by atoms with Crippen LogP contribution in [0.5, 0.6) is 5.75 Å². The molecule has 0 radical (unpaired) electrons. The van der Waals surface area contributed by atoms with Gasteiger partial charge in [0.2, 0.25) is 16.9 Å². The molecule has 1 aliphatic rings. The Bertz CT molecular complexity index is 1500. The summed E-state index contributed by atoms with van der Waals surface area (Å²) in [6.07, 6.45) is 1.31. The van der Waals surface area contributed by atoms with E-state index in [1.807, 2.05) is 12.1 Å². The summed E-state index contributed by atoms with van der Waals surface area (Å²) in [6, 6.07) is 11.2. The lowest BCUT2D eigenvalue weighted by Gasteiger charge is -2.09. The first-order valence-electron chi connectivity index (χ1n) is 13.5. The van der Waals surface area contributed by atoms with E-state index in [1.54, 1.807) is 12.2 Å². The molecule has 228 valence electrons. The molecule has 2 aromatic carbocycles. The molecule has 43 heavy (non-hydrogen) atoms. The number of ether oxygens (including phenoxy) is 1. The minimum Gasteiger partial charge on any atom is -0.406 e. The van der Waals surface area contributed by atoms with E-state index in [-0.39, 0.29) is 24.6 Å². The number of aryl methyl sites for hydroxylation is 1. The number of nitrogens with zero attached hydrogens (tertiary/aromatic N) is 2. The third-order valence-corrected chi connectivity index (χ3v) is 7.31. The van der Waals surface area contributed by atoms with Crippen molar-refractivity contribution in [1.82, 2.24) is 20.8 Å². The highest BCUT2D eigenvalue weighted by atomic mass is 32.1. The van der Waals surface area contributed by atoms with E-state index in [2.05, 4.69) is 37.0 Å². The van der Waals surface area contributed by atoms with E-state index in [0.717, 1.165) is 48.6 Å². The molecule has 1 aliphatic heterocycles. The molecule has 0 bridgehead atoms. The van der Waals surface area contributed by atoms with E-state index in [9.17, 15) is 22.8 Å². The van der Waals surface area contributed by atoms with Crippen LogP contribution in [0.2, 0.25) is 0 Å². The van der Waals surface area contributed by atoms with Crippen molar-refractivity contribution in [2.24, 2.45) is 11.5 Å². The Labute approximate surface area is 250 Å². The van der Waals surface area contributed by atoms with Crippen LogP contribution in [0.15, 0.2) is 66.1 Å². The SMILES string of the molecule is N/C(=C\C=C(/N)NC(=O)Cc1cccc2c1CNC2)CCCCc1nnc(NC(=O)Cc2cccc(OC(F)(F)F)c2)s1.